The van der Waals surface area contributed by atoms with Crippen molar-refractivity contribution < 1.29 is 4.79 Å². The van der Waals surface area contributed by atoms with Crippen molar-refractivity contribution in [3.63, 3.8) is 0 Å². The molecule has 0 bridgehead atoms. The number of carbonyl (C=O) groups excluding carboxylic acids is 1. The molecular formula is C18H17N3O2. The molecule has 0 spiro atoms. The second-order valence-corrected chi connectivity index (χ2v) is 5.51. The summed E-state index contributed by atoms with van der Waals surface area (Å²) in [7, 11) is 0. The maximum atomic E-state index is 12.5. The number of aryl methyl sites for hydroxylation is 1. The highest BCUT2D eigenvalue weighted by molar-refractivity contribution is 5.93. The zero-order chi connectivity index (χ0) is 16.4. The molecule has 2 aromatic carbocycles. The smallest absolute Gasteiger partial charge is 0.275 e. The molecule has 0 saturated heterocycles. The fraction of sp³-hybridized carbons (Fsp3) is 0.167. The SMILES string of the molecule is Cc1ccc(NC(=O)[C@H](C)n2ncc3ccccc3c2=O)cc1. The molecule has 0 aliphatic rings. The van der Waals surface area contributed by atoms with E-state index in [1.54, 1.807) is 25.3 Å². The Labute approximate surface area is 133 Å². The van der Waals surface area contributed by atoms with Crippen LogP contribution in [0.2, 0.25) is 0 Å². The van der Waals surface area contributed by atoms with Crippen molar-refractivity contribution in [1.82, 2.24) is 9.78 Å². The summed E-state index contributed by atoms with van der Waals surface area (Å²) in [4.78, 5) is 24.9. The molecule has 0 unspecified atom stereocenters. The number of rotatable bonds is 3. The van der Waals surface area contributed by atoms with E-state index < -0.39 is 6.04 Å². The van der Waals surface area contributed by atoms with Gasteiger partial charge >= 0.3 is 0 Å². The van der Waals surface area contributed by atoms with E-state index in [4.69, 9.17) is 0 Å². The van der Waals surface area contributed by atoms with Crippen LogP contribution in [0.3, 0.4) is 0 Å². The van der Waals surface area contributed by atoms with Gasteiger partial charge in [0.25, 0.3) is 5.56 Å². The number of benzene rings is 2. The molecule has 3 rings (SSSR count). The van der Waals surface area contributed by atoms with Crippen LogP contribution < -0.4 is 10.9 Å². The van der Waals surface area contributed by atoms with Crippen molar-refractivity contribution in [2.75, 3.05) is 5.32 Å². The van der Waals surface area contributed by atoms with Crippen LogP contribution in [0.4, 0.5) is 5.69 Å². The van der Waals surface area contributed by atoms with Gasteiger partial charge in [0.15, 0.2) is 0 Å². The third kappa shape index (κ3) is 2.99. The molecule has 5 nitrogen and oxygen atoms in total. The van der Waals surface area contributed by atoms with E-state index in [1.165, 1.54) is 4.68 Å². The van der Waals surface area contributed by atoms with E-state index >= 15 is 0 Å². The number of fused-ring (bicyclic) bond motifs is 1. The minimum Gasteiger partial charge on any atom is -0.324 e. The summed E-state index contributed by atoms with van der Waals surface area (Å²) >= 11 is 0. The van der Waals surface area contributed by atoms with Crippen LogP contribution in [0.5, 0.6) is 0 Å². The number of amides is 1. The maximum Gasteiger partial charge on any atom is 0.275 e. The molecule has 0 fully saturated rings. The quantitative estimate of drug-likeness (QED) is 0.809. The average molecular weight is 307 g/mol. The molecule has 0 saturated carbocycles. The van der Waals surface area contributed by atoms with Crippen LogP contribution in [0.1, 0.15) is 18.5 Å². The summed E-state index contributed by atoms with van der Waals surface area (Å²) in [5.74, 6) is -0.279. The molecule has 1 N–H and O–H groups in total. The van der Waals surface area contributed by atoms with Crippen LogP contribution in [0.25, 0.3) is 10.8 Å². The average Bonchev–Trinajstić information content (AvgIpc) is 2.57. The maximum absolute atomic E-state index is 12.5. The number of anilines is 1. The topological polar surface area (TPSA) is 64.0 Å². The first-order valence-corrected chi connectivity index (χ1v) is 7.40. The summed E-state index contributed by atoms with van der Waals surface area (Å²) in [6.45, 7) is 3.64. The third-order valence-electron chi connectivity index (χ3n) is 3.79. The fourth-order valence-electron chi connectivity index (χ4n) is 2.38. The van der Waals surface area contributed by atoms with Gasteiger partial charge in [-0.1, -0.05) is 35.9 Å². The molecule has 1 atom stereocenters. The Morgan fingerprint density at radius 1 is 1.13 bits per heavy atom. The summed E-state index contributed by atoms with van der Waals surface area (Å²) in [6, 6.07) is 14.0. The Kier molecular flexibility index (Phi) is 3.93. The van der Waals surface area contributed by atoms with Crippen molar-refractivity contribution in [1.29, 1.82) is 0 Å². The summed E-state index contributed by atoms with van der Waals surface area (Å²) in [5, 5.41) is 8.25. The van der Waals surface area contributed by atoms with E-state index in [9.17, 15) is 9.59 Å². The Balaban J connectivity index is 1.89. The second-order valence-electron chi connectivity index (χ2n) is 5.51. The molecule has 1 heterocycles. The minimum absolute atomic E-state index is 0.269. The minimum atomic E-state index is -0.701. The van der Waals surface area contributed by atoms with Crippen molar-refractivity contribution in [3.05, 3.63) is 70.6 Å². The molecule has 5 heteroatoms. The Morgan fingerprint density at radius 3 is 2.57 bits per heavy atom. The van der Waals surface area contributed by atoms with E-state index in [0.717, 1.165) is 10.9 Å². The van der Waals surface area contributed by atoms with Gasteiger partial charge in [-0.3, -0.25) is 9.59 Å². The fourth-order valence-corrected chi connectivity index (χ4v) is 2.38. The van der Waals surface area contributed by atoms with Gasteiger partial charge in [0.05, 0.1) is 11.6 Å². The standard InChI is InChI=1S/C18H17N3O2/c1-12-7-9-15(10-8-12)20-17(22)13(2)21-18(23)16-6-4-3-5-14(16)11-19-21/h3-11,13H,1-2H3,(H,20,22)/t13-/m0/s1. The molecule has 116 valence electrons. The van der Waals surface area contributed by atoms with Crippen molar-refractivity contribution in [2.24, 2.45) is 0 Å². The number of hydrogen-bond donors (Lipinski definition) is 1. The highest BCUT2D eigenvalue weighted by Crippen LogP contribution is 2.13. The van der Waals surface area contributed by atoms with Crippen LogP contribution >= 0.6 is 0 Å². The molecule has 1 aromatic heterocycles. The first-order chi connectivity index (χ1) is 11.1. The van der Waals surface area contributed by atoms with Gasteiger partial charge < -0.3 is 5.32 Å². The van der Waals surface area contributed by atoms with Gasteiger partial charge in [-0.2, -0.15) is 5.10 Å². The summed E-state index contributed by atoms with van der Waals surface area (Å²) in [6.07, 6.45) is 1.60. The van der Waals surface area contributed by atoms with E-state index in [2.05, 4.69) is 10.4 Å². The summed E-state index contributed by atoms with van der Waals surface area (Å²) in [5.41, 5.74) is 1.54. The number of nitrogens with zero attached hydrogens (tertiary/aromatic N) is 2. The van der Waals surface area contributed by atoms with Crippen molar-refractivity contribution in [2.45, 2.75) is 19.9 Å². The summed E-state index contributed by atoms with van der Waals surface area (Å²) < 4.78 is 1.21. The lowest BCUT2D eigenvalue weighted by atomic mass is 10.2. The Bertz CT molecular complexity index is 913. The number of hydrogen-bond acceptors (Lipinski definition) is 3. The molecule has 3 aromatic rings. The van der Waals surface area contributed by atoms with Crippen LogP contribution in [0.15, 0.2) is 59.5 Å². The number of aromatic nitrogens is 2. The van der Waals surface area contributed by atoms with Crippen LogP contribution in [-0.4, -0.2) is 15.7 Å². The molecule has 0 aliphatic carbocycles. The predicted octanol–water partition coefficient (Wildman–Crippen LogP) is 2.90. The van der Waals surface area contributed by atoms with Gasteiger partial charge in [-0.25, -0.2) is 4.68 Å². The number of nitrogens with one attached hydrogen (secondary N) is 1. The lowest BCUT2D eigenvalue weighted by Gasteiger charge is -2.14. The number of carbonyl (C=O) groups is 1. The molecular weight excluding hydrogens is 290 g/mol. The third-order valence-corrected chi connectivity index (χ3v) is 3.79. The van der Waals surface area contributed by atoms with Crippen LogP contribution in [-0.2, 0) is 4.79 Å². The van der Waals surface area contributed by atoms with Gasteiger partial charge in [0, 0.05) is 11.1 Å². The lowest BCUT2D eigenvalue weighted by molar-refractivity contribution is -0.119. The van der Waals surface area contributed by atoms with Gasteiger partial charge in [0.1, 0.15) is 6.04 Å². The van der Waals surface area contributed by atoms with Crippen molar-refractivity contribution >= 4 is 22.4 Å². The van der Waals surface area contributed by atoms with E-state index in [0.29, 0.717) is 11.1 Å². The first-order valence-electron chi connectivity index (χ1n) is 7.40. The predicted molar refractivity (Wildman–Crippen MR) is 90.5 cm³/mol. The highest BCUT2D eigenvalue weighted by Gasteiger charge is 2.18. The van der Waals surface area contributed by atoms with Gasteiger partial charge in [0.2, 0.25) is 5.91 Å². The molecule has 0 radical (unpaired) electrons. The monoisotopic (exact) mass is 307 g/mol. The zero-order valence-electron chi connectivity index (χ0n) is 13.0. The van der Waals surface area contributed by atoms with E-state index in [1.807, 2.05) is 43.3 Å². The second kappa shape index (κ2) is 6.04. The Hall–Kier alpha value is -2.95. The zero-order valence-corrected chi connectivity index (χ0v) is 13.0. The normalized spacial score (nSPS) is 12.1. The van der Waals surface area contributed by atoms with Gasteiger partial charge in [-0.05, 0) is 32.0 Å². The molecule has 1 amide bonds. The largest absolute Gasteiger partial charge is 0.324 e. The van der Waals surface area contributed by atoms with Crippen LogP contribution in [0, 0.1) is 6.92 Å². The Morgan fingerprint density at radius 2 is 1.83 bits per heavy atom. The van der Waals surface area contributed by atoms with Gasteiger partial charge in [-0.15, -0.1) is 0 Å². The van der Waals surface area contributed by atoms with E-state index in [-0.39, 0.29) is 11.5 Å². The first kappa shape index (κ1) is 15.0. The molecule has 23 heavy (non-hydrogen) atoms. The van der Waals surface area contributed by atoms with Crippen molar-refractivity contribution in [3.8, 4) is 0 Å². The lowest BCUT2D eigenvalue weighted by Crippen LogP contribution is -2.33. The highest BCUT2D eigenvalue weighted by atomic mass is 16.2. The molecule has 0 aliphatic heterocycles.